The van der Waals surface area contributed by atoms with Crippen LogP contribution in [-0.4, -0.2) is 27.0 Å². The van der Waals surface area contributed by atoms with Crippen molar-refractivity contribution in [1.29, 1.82) is 0 Å². The molecule has 3 N–H and O–H groups in total. The van der Waals surface area contributed by atoms with E-state index in [1.54, 1.807) is 0 Å². The number of rotatable bonds is 3. The van der Waals surface area contributed by atoms with Gasteiger partial charge in [0.15, 0.2) is 0 Å². The molecule has 0 bridgehead atoms. The summed E-state index contributed by atoms with van der Waals surface area (Å²) >= 11 is 5.96. The second-order valence-electron chi connectivity index (χ2n) is 4.65. The summed E-state index contributed by atoms with van der Waals surface area (Å²) in [5.74, 6) is -0.427. The molecule has 20 heavy (non-hydrogen) atoms. The van der Waals surface area contributed by atoms with Crippen LogP contribution in [-0.2, 0) is 19.6 Å². The van der Waals surface area contributed by atoms with Crippen molar-refractivity contribution < 1.29 is 17.9 Å². The molecule has 0 aliphatic carbocycles. The highest BCUT2D eigenvalue weighted by atomic mass is 35.5. The van der Waals surface area contributed by atoms with Crippen molar-refractivity contribution in [2.24, 2.45) is 11.1 Å². The maximum absolute atomic E-state index is 12.1. The smallest absolute Gasteiger partial charge is 0.238 e. The minimum atomic E-state index is -3.81. The third kappa shape index (κ3) is 3.29. The molecule has 0 spiro atoms. The van der Waals surface area contributed by atoms with Crippen molar-refractivity contribution in [2.75, 3.05) is 11.9 Å². The van der Waals surface area contributed by atoms with Crippen molar-refractivity contribution in [3.8, 4) is 0 Å². The first kappa shape index (κ1) is 15.2. The first-order valence-electron chi connectivity index (χ1n) is 6.04. The molecule has 0 saturated carbocycles. The number of nitrogens with two attached hydrogens (primary N) is 1. The van der Waals surface area contributed by atoms with Crippen LogP contribution in [0.3, 0.4) is 0 Å². The van der Waals surface area contributed by atoms with Gasteiger partial charge in [0, 0.05) is 6.61 Å². The van der Waals surface area contributed by atoms with Gasteiger partial charge in [-0.1, -0.05) is 11.6 Å². The van der Waals surface area contributed by atoms with Crippen LogP contribution in [0.25, 0.3) is 0 Å². The zero-order valence-corrected chi connectivity index (χ0v) is 12.4. The van der Waals surface area contributed by atoms with E-state index in [1.807, 2.05) is 6.92 Å². The zero-order valence-electron chi connectivity index (χ0n) is 10.8. The second kappa shape index (κ2) is 5.69. The molecule has 2 atom stereocenters. The fourth-order valence-electron chi connectivity index (χ4n) is 2.08. The number of anilines is 1. The van der Waals surface area contributed by atoms with Gasteiger partial charge in [0.25, 0.3) is 0 Å². The van der Waals surface area contributed by atoms with Crippen LogP contribution < -0.4 is 10.5 Å². The molecule has 8 heteroatoms. The first-order valence-corrected chi connectivity index (χ1v) is 7.96. The lowest BCUT2D eigenvalue weighted by atomic mass is 10.0. The van der Waals surface area contributed by atoms with Gasteiger partial charge in [-0.05, 0) is 31.5 Å². The lowest BCUT2D eigenvalue weighted by molar-refractivity contribution is -0.121. The van der Waals surface area contributed by atoms with Crippen LogP contribution in [0.5, 0.6) is 0 Å². The number of nitrogens with one attached hydrogen (secondary N) is 1. The maximum atomic E-state index is 12.1. The fraction of sp³-hybridized carbons (Fsp3) is 0.417. The molecule has 2 unspecified atom stereocenters. The van der Waals surface area contributed by atoms with Crippen molar-refractivity contribution in [1.82, 2.24) is 0 Å². The maximum Gasteiger partial charge on any atom is 0.238 e. The Hall–Kier alpha value is -1.15. The highest BCUT2D eigenvalue weighted by Crippen LogP contribution is 2.27. The average molecular weight is 319 g/mol. The average Bonchev–Trinajstić information content (AvgIpc) is 2.76. The highest BCUT2D eigenvalue weighted by Gasteiger charge is 2.31. The van der Waals surface area contributed by atoms with E-state index in [2.05, 4.69) is 5.32 Å². The second-order valence-corrected chi connectivity index (χ2v) is 6.62. The van der Waals surface area contributed by atoms with E-state index in [0.717, 1.165) is 0 Å². The van der Waals surface area contributed by atoms with Gasteiger partial charge in [0.05, 0.1) is 27.6 Å². The molecule has 6 nitrogen and oxygen atoms in total. The van der Waals surface area contributed by atoms with Crippen LogP contribution in [0.15, 0.2) is 23.1 Å². The van der Waals surface area contributed by atoms with Crippen molar-refractivity contribution in [3.63, 3.8) is 0 Å². The Morgan fingerprint density at radius 1 is 1.50 bits per heavy atom. The summed E-state index contributed by atoms with van der Waals surface area (Å²) in [5, 5.41) is 7.80. The third-order valence-corrected chi connectivity index (χ3v) is 4.46. The molecular formula is C12H15ClN2O4S. The quantitative estimate of drug-likeness (QED) is 0.878. The number of benzene rings is 1. The molecule has 110 valence electrons. The third-order valence-electron chi connectivity index (χ3n) is 3.24. The van der Waals surface area contributed by atoms with Gasteiger partial charge in [0.1, 0.15) is 0 Å². The normalized spacial score (nSPS) is 22.8. The molecule has 1 fully saturated rings. The SMILES string of the molecule is CC1OCCC1C(=O)Nc1ccc(S(N)(=O)=O)cc1Cl. The number of sulfonamides is 1. The Kier molecular flexibility index (Phi) is 4.33. The summed E-state index contributed by atoms with van der Waals surface area (Å²) in [6.07, 6.45) is 0.511. The van der Waals surface area contributed by atoms with E-state index < -0.39 is 10.0 Å². The Balaban J connectivity index is 2.16. The zero-order chi connectivity index (χ0) is 14.9. The van der Waals surface area contributed by atoms with Gasteiger partial charge in [-0.25, -0.2) is 13.6 Å². The summed E-state index contributed by atoms with van der Waals surface area (Å²) in [6, 6.07) is 3.92. The molecule has 2 rings (SSSR count). The molecule has 0 radical (unpaired) electrons. The minimum absolute atomic E-state index is 0.0990. The molecule has 1 amide bonds. The number of amides is 1. The van der Waals surface area contributed by atoms with Gasteiger partial charge < -0.3 is 10.1 Å². The molecule has 1 aromatic rings. The first-order chi connectivity index (χ1) is 9.29. The summed E-state index contributed by atoms with van der Waals surface area (Å²) < 4.78 is 27.7. The molecule has 1 aliphatic rings. The molecule has 1 aliphatic heterocycles. The number of carbonyl (C=O) groups excluding carboxylic acids is 1. The number of hydrogen-bond acceptors (Lipinski definition) is 4. The van der Waals surface area contributed by atoms with Gasteiger partial charge in [-0.3, -0.25) is 4.79 Å². The number of halogens is 1. The Morgan fingerprint density at radius 3 is 2.70 bits per heavy atom. The molecule has 1 heterocycles. The highest BCUT2D eigenvalue weighted by molar-refractivity contribution is 7.89. The van der Waals surface area contributed by atoms with Crippen LogP contribution in [0.4, 0.5) is 5.69 Å². The van der Waals surface area contributed by atoms with Crippen molar-refractivity contribution >= 4 is 33.2 Å². The van der Waals surface area contributed by atoms with Gasteiger partial charge in [-0.15, -0.1) is 0 Å². The van der Waals surface area contributed by atoms with Crippen LogP contribution >= 0.6 is 11.6 Å². The lowest BCUT2D eigenvalue weighted by Crippen LogP contribution is -2.27. The Bertz CT molecular complexity index is 632. The summed E-state index contributed by atoms with van der Waals surface area (Å²) in [5.41, 5.74) is 0.350. The predicted octanol–water partition coefficient (Wildman–Crippen LogP) is 1.35. The number of carbonyl (C=O) groups is 1. The van der Waals surface area contributed by atoms with Crippen LogP contribution in [0.2, 0.25) is 5.02 Å². The Morgan fingerprint density at radius 2 is 2.20 bits per heavy atom. The minimum Gasteiger partial charge on any atom is -0.378 e. The van der Waals surface area contributed by atoms with Crippen LogP contribution in [0, 0.1) is 5.92 Å². The van der Waals surface area contributed by atoms with E-state index in [9.17, 15) is 13.2 Å². The summed E-state index contributed by atoms with van der Waals surface area (Å²) in [6.45, 7) is 2.39. The van der Waals surface area contributed by atoms with E-state index >= 15 is 0 Å². The number of primary sulfonamides is 1. The van der Waals surface area contributed by atoms with E-state index in [0.29, 0.717) is 18.7 Å². The molecule has 1 saturated heterocycles. The number of hydrogen-bond donors (Lipinski definition) is 2. The van der Waals surface area contributed by atoms with E-state index in [4.69, 9.17) is 21.5 Å². The van der Waals surface area contributed by atoms with Gasteiger partial charge >= 0.3 is 0 Å². The van der Waals surface area contributed by atoms with Crippen molar-refractivity contribution in [3.05, 3.63) is 23.2 Å². The van der Waals surface area contributed by atoms with Crippen molar-refractivity contribution in [2.45, 2.75) is 24.3 Å². The summed E-state index contributed by atoms with van der Waals surface area (Å²) in [7, 11) is -3.81. The lowest BCUT2D eigenvalue weighted by Gasteiger charge is -2.15. The standard InChI is InChI=1S/C12H15ClN2O4S/c1-7-9(4-5-19-7)12(16)15-11-3-2-8(6-10(11)13)20(14,17)18/h2-3,6-7,9H,4-5H2,1H3,(H,15,16)(H2,14,17,18). The topological polar surface area (TPSA) is 98.5 Å². The van der Waals surface area contributed by atoms with E-state index in [-0.39, 0.29) is 27.8 Å². The van der Waals surface area contributed by atoms with Gasteiger partial charge in [0.2, 0.25) is 15.9 Å². The molecule has 0 aromatic heterocycles. The Labute approximate surface area is 122 Å². The molecular weight excluding hydrogens is 304 g/mol. The predicted molar refractivity (Wildman–Crippen MR) is 75.0 cm³/mol. The largest absolute Gasteiger partial charge is 0.378 e. The fourth-order valence-corrected chi connectivity index (χ4v) is 2.91. The van der Waals surface area contributed by atoms with E-state index in [1.165, 1.54) is 18.2 Å². The van der Waals surface area contributed by atoms with Crippen LogP contribution in [0.1, 0.15) is 13.3 Å². The summed E-state index contributed by atoms with van der Waals surface area (Å²) in [4.78, 5) is 12.0. The molecule has 1 aromatic carbocycles. The van der Waals surface area contributed by atoms with Gasteiger partial charge in [-0.2, -0.15) is 0 Å². The monoisotopic (exact) mass is 318 g/mol. The number of ether oxygens (including phenoxy) is 1.